The molecular formula is C24H21F2O3P. The van der Waals surface area contributed by atoms with Gasteiger partial charge in [0.1, 0.15) is 7.14 Å². The first-order chi connectivity index (χ1) is 14.4. The van der Waals surface area contributed by atoms with Crippen molar-refractivity contribution in [3.8, 4) is 11.5 Å². The van der Waals surface area contributed by atoms with Crippen LogP contribution in [0.4, 0.5) is 8.78 Å². The van der Waals surface area contributed by atoms with Gasteiger partial charge in [0.15, 0.2) is 11.5 Å². The van der Waals surface area contributed by atoms with Crippen molar-refractivity contribution in [3.63, 3.8) is 0 Å². The minimum absolute atomic E-state index is 0.0567. The van der Waals surface area contributed by atoms with E-state index < -0.39 is 13.2 Å². The Bertz CT molecular complexity index is 1100. The predicted octanol–water partition coefficient (Wildman–Crippen LogP) is 5.65. The molecule has 0 bridgehead atoms. The topological polar surface area (TPSA) is 35.5 Å². The maximum atomic E-state index is 14.3. The summed E-state index contributed by atoms with van der Waals surface area (Å²) in [5.74, 6) is 0.921. The molecule has 30 heavy (non-hydrogen) atoms. The van der Waals surface area contributed by atoms with Crippen LogP contribution in [0.2, 0.25) is 0 Å². The van der Waals surface area contributed by atoms with E-state index in [4.69, 9.17) is 9.47 Å². The van der Waals surface area contributed by atoms with Crippen LogP contribution in [0, 0.1) is 13.8 Å². The predicted molar refractivity (Wildman–Crippen MR) is 116 cm³/mol. The van der Waals surface area contributed by atoms with Gasteiger partial charge < -0.3 is 14.0 Å². The highest BCUT2D eigenvalue weighted by Crippen LogP contribution is 2.48. The fourth-order valence-electron chi connectivity index (χ4n) is 3.47. The third-order valence-corrected chi connectivity index (χ3v) is 8.26. The van der Waals surface area contributed by atoms with Crippen molar-refractivity contribution in [2.24, 2.45) is 0 Å². The van der Waals surface area contributed by atoms with Gasteiger partial charge in [0.25, 0.3) is 6.08 Å². The van der Waals surface area contributed by atoms with Gasteiger partial charge >= 0.3 is 0 Å². The van der Waals surface area contributed by atoms with Crippen molar-refractivity contribution in [3.05, 3.63) is 89.5 Å². The van der Waals surface area contributed by atoms with E-state index in [1.165, 1.54) is 6.07 Å². The normalized spacial score (nSPS) is 12.7. The van der Waals surface area contributed by atoms with Crippen LogP contribution in [0.5, 0.6) is 11.5 Å². The second-order valence-electron chi connectivity index (χ2n) is 7.38. The average Bonchev–Trinajstić information content (AvgIpc) is 3.20. The van der Waals surface area contributed by atoms with Crippen LogP contribution in [0.25, 0.3) is 5.57 Å². The average molecular weight is 426 g/mol. The lowest BCUT2D eigenvalue weighted by Gasteiger charge is -2.21. The summed E-state index contributed by atoms with van der Waals surface area (Å²) >= 11 is 0. The van der Waals surface area contributed by atoms with E-state index in [1.54, 1.807) is 36.4 Å². The van der Waals surface area contributed by atoms with Gasteiger partial charge in [-0.15, -0.1) is 0 Å². The molecule has 0 spiro atoms. The molecule has 0 saturated heterocycles. The standard InChI is InChI=1S/C24H21F2O3P/c1-16-3-8-19(9-4-16)30(27,20-10-5-17(2)6-11-20)14-21(24(25)26)18-7-12-22-23(13-18)29-15-28-22/h3-13H,14-15H2,1-2H3. The Morgan fingerprint density at radius 2 is 1.37 bits per heavy atom. The number of hydrogen-bond donors (Lipinski definition) is 0. The summed E-state index contributed by atoms with van der Waals surface area (Å²) in [6.45, 7) is 3.92. The molecule has 0 amide bonds. The van der Waals surface area contributed by atoms with Crippen LogP contribution in [0.3, 0.4) is 0 Å². The van der Waals surface area contributed by atoms with Gasteiger partial charge in [0.05, 0.1) is 0 Å². The molecule has 3 aromatic rings. The van der Waals surface area contributed by atoms with Gasteiger partial charge in [0.2, 0.25) is 6.79 Å². The molecule has 3 nitrogen and oxygen atoms in total. The van der Waals surface area contributed by atoms with Crippen LogP contribution in [0.1, 0.15) is 16.7 Å². The first kappa shape index (κ1) is 20.4. The molecule has 3 aromatic carbocycles. The Balaban J connectivity index is 1.82. The van der Waals surface area contributed by atoms with Crippen LogP contribution < -0.4 is 20.1 Å². The van der Waals surface area contributed by atoms with Gasteiger partial charge in [0, 0.05) is 22.3 Å². The first-order valence-corrected chi connectivity index (χ1v) is 11.4. The largest absolute Gasteiger partial charge is 0.454 e. The summed E-state index contributed by atoms with van der Waals surface area (Å²) in [6, 6.07) is 19.2. The summed E-state index contributed by atoms with van der Waals surface area (Å²) in [5, 5.41) is 1.10. The highest BCUT2D eigenvalue weighted by atomic mass is 31.2. The molecule has 0 fully saturated rings. The van der Waals surface area contributed by atoms with E-state index in [9.17, 15) is 13.3 Å². The highest BCUT2D eigenvalue weighted by Gasteiger charge is 2.31. The summed E-state index contributed by atoms with van der Waals surface area (Å²) in [4.78, 5) is 0. The number of halogens is 2. The summed E-state index contributed by atoms with van der Waals surface area (Å²) in [7, 11) is -3.37. The summed E-state index contributed by atoms with van der Waals surface area (Å²) in [6.07, 6.45) is -2.14. The number of ether oxygens (including phenoxy) is 2. The second-order valence-corrected chi connectivity index (χ2v) is 10.2. The quantitative estimate of drug-likeness (QED) is 0.495. The number of allylic oxidation sites excluding steroid dienone is 1. The highest BCUT2D eigenvalue weighted by molar-refractivity contribution is 7.79. The molecule has 1 aliphatic heterocycles. The van der Waals surface area contributed by atoms with E-state index in [-0.39, 0.29) is 24.1 Å². The summed E-state index contributed by atoms with van der Waals surface area (Å²) in [5.41, 5.74) is 2.05. The lowest BCUT2D eigenvalue weighted by Crippen LogP contribution is -2.19. The molecule has 1 aliphatic rings. The molecule has 0 aliphatic carbocycles. The van der Waals surface area contributed by atoms with Gasteiger partial charge in [-0.2, -0.15) is 8.78 Å². The molecule has 0 saturated carbocycles. The third kappa shape index (κ3) is 3.90. The van der Waals surface area contributed by atoms with E-state index in [1.807, 2.05) is 38.1 Å². The Hall–Kier alpha value is -2.91. The van der Waals surface area contributed by atoms with Crippen molar-refractivity contribution in [2.45, 2.75) is 13.8 Å². The van der Waals surface area contributed by atoms with Crippen molar-refractivity contribution >= 4 is 23.3 Å². The summed E-state index contributed by atoms with van der Waals surface area (Å²) < 4.78 is 53.2. The van der Waals surface area contributed by atoms with Crippen LogP contribution in [-0.2, 0) is 4.57 Å². The maximum absolute atomic E-state index is 14.3. The van der Waals surface area contributed by atoms with Crippen molar-refractivity contribution in [1.82, 2.24) is 0 Å². The Morgan fingerprint density at radius 1 is 0.833 bits per heavy atom. The molecule has 154 valence electrons. The van der Waals surface area contributed by atoms with E-state index in [2.05, 4.69) is 0 Å². The minimum Gasteiger partial charge on any atom is -0.454 e. The SMILES string of the molecule is Cc1ccc(P(=O)(CC(=C(F)F)c2ccc3c(c2)OCO3)c2ccc(C)cc2)cc1. The molecule has 0 aromatic heterocycles. The lowest BCUT2D eigenvalue weighted by molar-refractivity contribution is 0.174. The zero-order chi connectivity index (χ0) is 21.3. The molecule has 0 N–H and O–H groups in total. The zero-order valence-electron chi connectivity index (χ0n) is 16.7. The molecule has 0 atom stereocenters. The number of benzene rings is 3. The third-order valence-electron chi connectivity index (χ3n) is 5.23. The van der Waals surface area contributed by atoms with Crippen LogP contribution in [0.15, 0.2) is 72.8 Å². The Kier molecular flexibility index (Phi) is 5.48. The maximum Gasteiger partial charge on any atom is 0.274 e. The fourth-order valence-corrected chi connectivity index (χ4v) is 6.14. The number of fused-ring (bicyclic) bond motifs is 1. The van der Waals surface area contributed by atoms with Crippen molar-refractivity contribution in [1.29, 1.82) is 0 Å². The van der Waals surface area contributed by atoms with Gasteiger partial charge in [-0.25, -0.2) is 0 Å². The molecule has 1 heterocycles. The molecule has 0 unspecified atom stereocenters. The monoisotopic (exact) mass is 426 g/mol. The molecule has 6 heteroatoms. The number of rotatable bonds is 5. The number of hydrogen-bond acceptors (Lipinski definition) is 3. The fraction of sp³-hybridized carbons (Fsp3) is 0.167. The smallest absolute Gasteiger partial charge is 0.274 e. The van der Waals surface area contributed by atoms with Crippen LogP contribution in [-0.4, -0.2) is 13.0 Å². The zero-order valence-corrected chi connectivity index (χ0v) is 17.6. The van der Waals surface area contributed by atoms with Crippen molar-refractivity contribution < 1.29 is 22.8 Å². The van der Waals surface area contributed by atoms with Gasteiger partial charge in [-0.05, 0) is 31.5 Å². The lowest BCUT2D eigenvalue weighted by atomic mass is 10.1. The van der Waals surface area contributed by atoms with E-state index in [0.717, 1.165) is 11.1 Å². The molecule has 4 rings (SSSR count). The van der Waals surface area contributed by atoms with Crippen molar-refractivity contribution in [2.75, 3.05) is 13.0 Å². The van der Waals surface area contributed by atoms with E-state index in [0.29, 0.717) is 22.1 Å². The first-order valence-electron chi connectivity index (χ1n) is 9.54. The molecule has 0 radical (unpaired) electrons. The van der Waals surface area contributed by atoms with E-state index >= 15 is 0 Å². The van der Waals surface area contributed by atoms with Crippen LogP contribution >= 0.6 is 7.14 Å². The minimum atomic E-state index is -3.37. The number of aryl methyl sites for hydroxylation is 2. The Labute approximate surface area is 174 Å². The molecular weight excluding hydrogens is 405 g/mol. The second kappa shape index (κ2) is 8.08. The Morgan fingerprint density at radius 3 is 1.90 bits per heavy atom. The van der Waals surface area contributed by atoms with Gasteiger partial charge in [-0.1, -0.05) is 65.7 Å². The van der Waals surface area contributed by atoms with Gasteiger partial charge in [-0.3, -0.25) is 0 Å².